The van der Waals surface area contributed by atoms with Crippen molar-refractivity contribution in [3.8, 4) is 0 Å². The van der Waals surface area contributed by atoms with Gasteiger partial charge in [-0.1, -0.05) is 27.7 Å². The molecule has 6 N–H and O–H groups in total. The molecule has 0 aliphatic heterocycles. The van der Waals surface area contributed by atoms with Gasteiger partial charge in [-0.25, -0.2) is 0 Å². The molecule has 0 aromatic carbocycles. The van der Waals surface area contributed by atoms with Gasteiger partial charge in [-0.2, -0.15) is 0 Å². The minimum Gasteiger partial charge on any atom is -0.370 e. The maximum absolute atomic E-state index is 10.5. The number of nitrogens with zero attached hydrogens (tertiary/aromatic N) is 1. The lowest BCUT2D eigenvalue weighted by Crippen LogP contribution is -2.33. The molecule has 1 atom stereocenters. The summed E-state index contributed by atoms with van der Waals surface area (Å²) in [5.41, 5.74) is 15.3. The third-order valence-corrected chi connectivity index (χ3v) is 0.993. The van der Waals surface area contributed by atoms with Crippen LogP contribution in [0, 0.1) is 0 Å². The summed E-state index contributed by atoms with van der Waals surface area (Å²) < 4.78 is 0. The van der Waals surface area contributed by atoms with Crippen LogP contribution in [0.5, 0.6) is 0 Å². The maximum atomic E-state index is 10.5. The highest BCUT2D eigenvalue weighted by atomic mass is 16.1. The summed E-state index contributed by atoms with van der Waals surface area (Å²) in [5, 5.41) is 0. The molecule has 5 nitrogen and oxygen atoms in total. The first-order chi connectivity index (χ1) is 6.54. The molecule has 0 saturated heterocycles. The van der Waals surface area contributed by atoms with Crippen LogP contribution in [0.1, 0.15) is 34.6 Å². The molecule has 0 rings (SSSR count). The summed E-state index contributed by atoms with van der Waals surface area (Å²) >= 11 is 0. The SMILES string of the molecule is CC.CC.CC(=O)C(N)CN=C(N)N. The average molecular weight is 204 g/mol. The predicted octanol–water partition coefficient (Wildman–Crippen LogP) is 0.229. The Balaban J connectivity index is -0.000000266. The van der Waals surface area contributed by atoms with E-state index in [1.54, 1.807) is 0 Å². The third-order valence-electron chi connectivity index (χ3n) is 0.993. The zero-order chi connectivity index (χ0) is 12.1. The zero-order valence-corrected chi connectivity index (χ0v) is 9.87. The number of Topliss-reactive ketones (excluding diaryl/α,β-unsaturated/α-hetero) is 1. The molecule has 0 fully saturated rings. The van der Waals surface area contributed by atoms with Gasteiger partial charge in [-0.3, -0.25) is 9.79 Å². The van der Waals surface area contributed by atoms with Gasteiger partial charge < -0.3 is 17.2 Å². The van der Waals surface area contributed by atoms with Crippen molar-refractivity contribution >= 4 is 11.7 Å². The molecule has 0 aromatic rings. The monoisotopic (exact) mass is 204 g/mol. The van der Waals surface area contributed by atoms with Gasteiger partial charge >= 0.3 is 0 Å². The lowest BCUT2D eigenvalue weighted by molar-refractivity contribution is -0.117. The number of hydrogen-bond donors (Lipinski definition) is 3. The molecule has 5 heteroatoms. The fourth-order valence-electron chi connectivity index (χ4n) is 0.332. The van der Waals surface area contributed by atoms with Crippen molar-refractivity contribution in [3.63, 3.8) is 0 Å². The highest BCUT2D eigenvalue weighted by molar-refractivity contribution is 5.82. The van der Waals surface area contributed by atoms with Crippen molar-refractivity contribution in [2.24, 2.45) is 22.2 Å². The van der Waals surface area contributed by atoms with Crippen molar-refractivity contribution in [2.75, 3.05) is 6.54 Å². The predicted molar refractivity (Wildman–Crippen MR) is 62.0 cm³/mol. The third kappa shape index (κ3) is 17.1. The number of rotatable bonds is 3. The molecular formula is C9H24N4O. The molecule has 0 bridgehead atoms. The molecule has 14 heavy (non-hydrogen) atoms. The molecule has 0 aliphatic rings. The van der Waals surface area contributed by atoms with Crippen LogP contribution in [-0.2, 0) is 4.79 Å². The first-order valence-corrected chi connectivity index (χ1v) is 4.85. The first kappa shape index (κ1) is 18.6. The molecule has 0 amide bonds. The van der Waals surface area contributed by atoms with E-state index in [1.807, 2.05) is 27.7 Å². The fourth-order valence-corrected chi connectivity index (χ4v) is 0.332. The highest BCUT2D eigenvalue weighted by Gasteiger charge is 2.05. The molecule has 0 aromatic heterocycles. The van der Waals surface area contributed by atoms with Gasteiger partial charge in [0.1, 0.15) is 5.78 Å². The van der Waals surface area contributed by atoms with Crippen LogP contribution in [0.15, 0.2) is 4.99 Å². The van der Waals surface area contributed by atoms with Crippen LogP contribution in [0.25, 0.3) is 0 Å². The number of nitrogens with two attached hydrogens (primary N) is 3. The molecule has 0 heterocycles. The van der Waals surface area contributed by atoms with Gasteiger partial charge in [-0.15, -0.1) is 0 Å². The van der Waals surface area contributed by atoms with Crippen LogP contribution in [-0.4, -0.2) is 24.3 Å². The van der Waals surface area contributed by atoms with Gasteiger partial charge in [-0.05, 0) is 6.92 Å². The Morgan fingerprint density at radius 2 is 1.57 bits per heavy atom. The topological polar surface area (TPSA) is 107 Å². The molecule has 1 unspecified atom stereocenters. The van der Waals surface area contributed by atoms with Gasteiger partial charge in [0, 0.05) is 0 Å². The smallest absolute Gasteiger partial charge is 0.185 e. The van der Waals surface area contributed by atoms with Gasteiger partial charge in [0.25, 0.3) is 0 Å². The van der Waals surface area contributed by atoms with E-state index >= 15 is 0 Å². The van der Waals surface area contributed by atoms with Crippen LogP contribution in [0.2, 0.25) is 0 Å². The Labute approximate surface area is 86.7 Å². The number of carbonyl (C=O) groups excluding carboxylic acids is 1. The summed E-state index contributed by atoms with van der Waals surface area (Å²) in [4.78, 5) is 14.1. The van der Waals surface area contributed by atoms with Crippen LogP contribution in [0.3, 0.4) is 0 Å². The number of hydrogen-bond acceptors (Lipinski definition) is 3. The Morgan fingerprint density at radius 1 is 1.21 bits per heavy atom. The summed E-state index contributed by atoms with van der Waals surface area (Å²) in [5.74, 6) is -0.165. The van der Waals surface area contributed by atoms with E-state index in [0.29, 0.717) is 0 Å². The van der Waals surface area contributed by atoms with E-state index < -0.39 is 6.04 Å². The Morgan fingerprint density at radius 3 is 1.79 bits per heavy atom. The van der Waals surface area contributed by atoms with Crippen molar-refractivity contribution < 1.29 is 4.79 Å². The normalized spacial score (nSPS) is 9.57. The molecule has 0 aliphatic carbocycles. The number of carbonyl (C=O) groups is 1. The Bertz CT molecular complexity index is 153. The maximum Gasteiger partial charge on any atom is 0.185 e. The van der Waals surface area contributed by atoms with E-state index in [1.165, 1.54) is 6.92 Å². The minimum absolute atomic E-state index is 0.0447. The minimum atomic E-state index is -0.581. The van der Waals surface area contributed by atoms with Crippen LogP contribution >= 0.6 is 0 Å². The Kier molecular flexibility index (Phi) is 19.2. The second-order valence-electron chi connectivity index (χ2n) is 1.98. The molecule has 0 radical (unpaired) electrons. The highest BCUT2D eigenvalue weighted by Crippen LogP contribution is 1.80. The molecule has 0 saturated carbocycles. The van der Waals surface area contributed by atoms with E-state index in [9.17, 15) is 4.79 Å². The standard InChI is InChI=1S/C5H12N4O.2C2H6/c1-3(10)4(6)2-9-5(7)8;2*1-2/h4H,2,6H2,1H3,(H4,7,8,9);2*1-2H3. The van der Waals surface area contributed by atoms with Gasteiger partial charge in [0.05, 0.1) is 12.6 Å². The van der Waals surface area contributed by atoms with E-state index in [2.05, 4.69) is 4.99 Å². The molecule has 0 spiro atoms. The fraction of sp³-hybridized carbons (Fsp3) is 0.778. The number of ketones is 1. The number of guanidine groups is 1. The molecular weight excluding hydrogens is 180 g/mol. The first-order valence-electron chi connectivity index (χ1n) is 4.85. The van der Waals surface area contributed by atoms with Crippen molar-refractivity contribution in [1.82, 2.24) is 0 Å². The van der Waals surface area contributed by atoms with Crippen LogP contribution in [0.4, 0.5) is 0 Å². The number of aliphatic imine (C=N–C) groups is 1. The van der Waals surface area contributed by atoms with E-state index in [0.717, 1.165) is 0 Å². The summed E-state index contributed by atoms with van der Waals surface area (Å²) in [6.07, 6.45) is 0. The Hall–Kier alpha value is -1.10. The van der Waals surface area contributed by atoms with E-state index in [4.69, 9.17) is 17.2 Å². The molecule has 86 valence electrons. The quantitative estimate of drug-likeness (QED) is 0.451. The van der Waals surface area contributed by atoms with Crippen molar-refractivity contribution in [3.05, 3.63) is 0 Å². The van der Waals surface area contributed by atoms with Crippen molar-refractivity contribution in [2.45, 2.75) is 40.7 Å². The van der Waals surface area contributed by atoms with Crippen molar-refractivity contribution in [1.29, 1.82) is 0 Å². The largest absolute Gasteiger partial charge is 0.370 e. The summed E-state index contributed by atoms with van der Waals surface area (Å²) in [6, 6.07) is -0.581. The summed E-state index contributed by atoms with van der Waals surface area (Å²) in [6.45, 7) is 9.56. The second kappa shape index (κ2) is 14.4. The second-order valence-corrected chi connectivity index (χ2v) is 1.98. The van der Waals surface area contributed by atoms with E-state index in [-0.39, 0.29) is 18.3 Å². The summed E-state index contributed by atoms with van der Waals surface area (Å²) in [7, 11) is 0. The van der Waals surface area contributed by atoms with Gasteiger partial charge in [0.15, 0.2) is 5.96 Å². The zero-order valence-electron chi connectivity index (χ0n) is 9.87. The van der Waals surface area contributed by atoms with Crippen LogP contribution < -0.4 is 17.2 Å². The average Bonchev–Trinajstić information content (AvgIpc) is 2.20. The lowest BCUT2D eigenvalue weighted by atomic mass is 10.2. The lowest BCUT2D eigenvalue weighted by Gasteiger charge is -2.01. The van der Waals surface area contributed by atoms with Gasteiger partial charge in [0.2, 0.25) is 0 Å².